The number of carbonyl (C=O) groups is 1. The molecule has 0 radical (unpaired) electrons. The van der Waals surface area contributed by atoms with E-state index >= 15 is 0 Å². The molecule has 0 N–H and O–H groups in total. The maximum absolute atomic E-state index is 12.5. The Bertz CT molecular complexity index is 996. The first-order valence-electron chi connectivity index (χ1n) is 8.82. The van der Waals surface area contributed by atoms with E-state index in [1.54, 1.807) is 25.4 Å². The first-order valence-corrected chi connectivity index (χ1v) is 8.82. The van der Waals surface area contributed by atoms with Crippen LogP contribution in [-0.2, 0) is 18.2 Å². The van der Waals surface area contributed by atoms with Crippen LogP contribution in [0.25, 0.3) is 11.3 Å². The first-order chi connectivity index (χ1) is 13.4. The molecule has 0 aliphatic rings. The van der Waals surface area contributed by atoms with Gasteiger partial charge in [0.25, 0.3) is 5.69 Å². The molecule has 144 valence electrons. The zero-order valence-corrected chi connectivity index (χ0v) is 15.7. The Hall–Kier alpha value is -3.55. The van der Waals surface area contributed by atoms with Gasteiger partial charge in [0, 0.05) is 42.3 Å². The molecule has 0 bridgehead atoms. The van der Waals surface area contributed by atoms with E-state index in [-0.39, 0.29) is 12.3 Å². The van der Waals surface area contributed by atoms with Crippen molar-refractivity contribution in [3.8, 4) is 11.3 Å². The molecule has 1 aromatic carbocycles. The summed E-state index contributed by atoms with van der Waals surface area (Å²) in [6.07, 6.45) is 2.97. The van der Waals surface area contributed by atoms with E-state index in [1.807, 2.05) is 25.1 Å². The van der Waals surface area contributed by atoms with Crippen molar-refractivity contribution < 1.29 is 14.5 Å². The van der Waals surface area contributed by atoms with Crippen LogP contribution in [-0.4, -0.2) is 32.3 Å². The van der Waals surface area contributed by atoms with E-state index < -0.39 is 10.9 Å². The van der Waals surface area contributed by atoms with Crippen molar-refractivity contribution in [2.24, 2.45) is 7.05 Å². The predicted octanol–water partition coefficient (Wildman–Crippen LogP) is 3.49. The van der Waals surface area contributed by atoms with Crippen LogP contribution in [0.15, 0.2) is 48.7 Å². The number of nitrogens with zero attached hydrogens (tertiary/aromatic N) is 4. The number of aryl methyl sites for hydroxylation is 3. The number of nitro groups is 1. The van der Waals surface area contributed by atoms with Crippen LogP contribution in [0.4, 0.5) is 5.69 Å². The first kappa shape index (κ1) is 19.2. The Morgan fingerprint density at radius 2 is 1.96 bits per heavy atom. The van der Waals surface area contributed by atoms with Crippen molar-refractivity contribution in [1.82, 2.24) is 14.8 Å². The number of esters is 1. The predicted molar refractivity (Wildman–Crippen MR) is 103 cm³/mol. The third-order valence-electron chi connectivity index (χ3n) is 4.16. The summed E-state index contributed by atoms with van der Waals surface area (Å²) < 4.78 is 6.91. The summed E-state index contributed by atoms with van der Waals surface area (Å²) in [6, 6.07) is 11.7. The monoisotopic (exact) mass is 380 g/mol. The molecule has 2 heterocycles. The molecule has 3 rings (SSSR count). The highest BCUT2D eigenvalue weighted by Gasteiger charge is 2.19. The summed E-state index contributed by atoms with van der Waals surface area (Å²) in [5.74, 6) is -0.473. The smallest absolute Gasteiger partial charge is 0.341 e. The summed E-state index contributed by atoms with van der Waals surface area (Å²) in [5.41, 5.74) is 3.27. The highest BCUT2D eigenvalue weighted by atomic mass is 16.6. The summed E-state index contributed by atoms with van der Waals surface area (Å²) in [5, 5.41) is 15.1. The number of aromatic nitrogens is 3. The largest absolute Gasteiger partial charge is 0.462 e. The van der Waals surface area contributed by atoms with Gasteiger partial charge in [-0.3, -0.25) is 19.8 Å². The lowest BCUT2D eigenvalue weighted by atomic mass is 10.1. The van der Waals surface area contributed by atoms with Crippen molar-refractivity contribution in [2.75, 3.05) is 6.61 Å². The van der Waals surface area contributed by atoms with Gasteiger partial charge in [-0.1, -0.05) is 6.07 Å². The molecule has 0 aliphatic carbocycles. The zero-order valence-electron chi connectivity index (χ0n) is 15.7. The van der Waals surface area contributed by atoms with Crippen molar-refractivity contribution >= 4 is 11.7 Å². The van der Waals surface area contributed by atoms with Crippen molar-refractivity contribution in [2.45, 2.75) is 19.8 Å². The number of benzene rings is 1. The molecule has 2 aromatic heterocycles. The minimum atomic E-state index is -0.473. The van der Waals surface area contributed by atoms with Gasteiger partial charge in [-0.15, -0.1) is 0 Å². The third kappa shape index (κ3) is 4.59. The third-order valence-corrected chi connectivity index (χ3v) is 4.16. The second kappa shape index (κ2) is 8.43. The van der Waals surface area contributed by atoms with Crippen molar-refractivity contribution in [3.63, 3.8) is 0 Å². The van der Waals surface area contributed by atoms with Crippen LogP contribution in [0, 0.1) is 17.0 Å². The molecule has 8 nitrogen and oxygen atoms in total. The minimum Gasteiger partial charge on any atom is -0.462 e. The maximum Gasteiger partial charge on any atom is 0.341 e. The molecule has 0 fully saturated rings. The van der Waals surface area contributed by atoms with Gasteiger partial charge >= 0.3 is 5.97 Å². The summed E-state index contributed by atoms with van der Waals surface area (Å²) in [7, 11) is 1.70. The molecule has 0 atom stereocenters. The molecule has 0 saturated carbocycles. The molecule has 0 amide bonds. The Morgan fingerprint density at radius 3 is 2.64 bits per heavy atom. The highest BCUT2D eigenvalue weighted by Crippen LogP contribution is 2.25. The van der Waals surface area contributed by atoms with E-state index in [0.29, 0.717) is 23.2 Å². The lowest BCUT2D eigenvalue weighted by Gasteiger charge is -2.05. The molecule has 0 unspecified atom stereocenters. The fourth-order valence-corrected chi connectivity index (χ4v) is 2.83. The zero-order chi connectivity index (χ0) is 20.1. The second-order valence-electron chi connectivity index (χ2n) is 6.38. The van der Waals surface area contributed by atoms with Crippen molar-refractivity contribution in [3.05, 3.63) is 75.7 Å². The lowest BCUT2D eigenvalue weighted by molar-refractivity contribution is -0.384. The Labute approximate surface area is 161 Å². The van der Waals surface area contributed by atoms with E-state index in [1.165, 1.54) is 16.8 Å². The van der Waals surface area contributed by atoms with Gasteiger partial charge < -0.3 is 4.74 Å². The van der Waals surface area contributed by atoms with Gasteiger partial charge in [0.1, 0.15) is 11.3 Å². The molecular weight excluding hydrogens is 360 g/mol. The minimum absolute atomic E-state index is 0.0198. The number of rotatable bonds is 7. The normalized spacial score (nSPS) is 10.6. The molecule has 0 spiro atoms. The Morgan fingerprint density at radius 1 is 1.21 bits per heavy atom. The molecule has 8 heteroatoms. The van der Waals surface area contributed by atoms with E-state index in [9.17, 15) is 14.9 Å². The van der Waals surface area contributed by atoms with Gasteiger partial charge in [-0.2, -0.15) is 5.10 Å². The Balaban J connectivity index is 1.64. The van der Waals surface area contributed by atoms with Crippen LogP contribution in [0.2, 0.25) is 0 Å². The number of pyridine rings is 1. The van der Waals surface area contributed by atoms with E-state index in [2.05, 4.69) is 10.1 Å². The van der Waals surface area contributed by atoms with Crippen LogP contribution >= 0.6 is 0 Å². The van der Waals surface area contributed by atoms with Crippen LogP contribution in [0.3, 0.4) is 0 Å². The standard InChI is InChI=1S/C20H20N4O4/c1-14-5-3-6-16(21-14)7-4-12-28-20(25)18-13-23(2)22-19(18)15-8-10-17(11-9-15)24(26)27/h3,5-6,8-11,13H,4,7,12H2,1-2H3. The number of carbonyl (C=O) groups excluding carboxylic acids is 1. The van der Waals surface area contributed by atoms with E-state index in [0.717, 1.165) is 17.8 Å². The van der Waals surface area contributed by atoms with Gasteiger partial charge in [-0.25, -0.2) is 4.79 Å². The quantitative estimate of drug-likeness (QED) is 0.269. The number of nitro benzene ring substituents is 1. The Kier molecular flexibility index (Phi) is 5.78. The van der Waals surface area contributed by atoms with Gasteiger partial charge in [0.15, 0.2) is 0 Å². The lowest BCUT2D eigenvalue weighted by Crippen LogP contribution is -2.08. The molecule has 3 aromatic rings. The highest BCUT2D eigenvalue weighted by molar-refractivity contribution is 5.96. The number of non-ortho nitro benzene ring substituents is 1. The molecule has 28 heavy (non-hydrogen) atoms. The number of hydrogen-bond acceptors (Lipinski definition) is 6. The molecule has 0 aliphatic heterocycles. The summed E-state index contributed by atoms with van der Waals surface area (Å²) >= 11 is 0. The van der Waals surface area contributed by atoms with Crippen molar-refractivity contribution in [1.29, 1.82) is 0 Å². The fraction of sp³-hybridized carbons (Fsp3) is 0.250. The molecular formula is C20H20N4O4. The maximum atomic E-state index is 12.5. The second-order valence-corrected chi connectivity index (χ2v) is 6.38. The fourth-order valence-electron chi connectivity index (χ4n) is 2.83. The van der Waals surface area contributed by atoms with Gasteiger partial charge in [-0.05, 0) is 44.0 Å². The average molecular weight is 380 g/mol. The van der Waals surface area contributed by atoms with Crippen LogP contribution in [0.5, 0.6) is 0 Å². The van der Waals surface area contributed by atoms with E-state index in [4.69, 9.17) is 4.74 Å². The topological polar surface area (TPSA) is 100 Å². The number of ether oxygens (including phenoxy) is 1. The number of hydrogen-bond donors (Lipinski definition) is 0. The van der Waals surface area contributed by atoms with Gasteiger partial charge in [0.2, 0.25) is 0 Å². The van der Waals surface area contributed by atoms with Crippen LogP contribution < -0.4 is 0 Å². The van der Waals surface area contributed by atoms with Gasteiger partial charge in [0.05, 0.1) is 11.5 Å². The summed E-state index contributed by atoms with van der Waals surface area (Å²) in [6.45, 7) is 2.20. The molecule has 0 saturated heterocycles. The SMILES string of the molecule is Cc1cccc(CCCOC(=O)c2cn(C)nc2-c2ccc([N+](=O)[O-])cc2)n1. The average Bonchev–Trinajstić information content (AvgIpc) is 3.07. The summed E-state index contributed by atoms with van der Waals surface area (Å²) in [4.78, 5) is 27.2. The van der Waals surface area contributed by atoms with Crippen LogP contribution in [0.1, 0.15) is 28.2 Å².